The van der Waals surface area contributed by atoms with Gasteiger partial charge in [0.25, 0.3) is 0 Å². The molecule has 0 spiro atoms. The van der Waals surface area contributed by atoms with Crippen LogP contribution in [0.3, 0.4) is 0 Å². The van der Waals surface area contributed by atoms with Crippen molar-refractivity contribution in [2.75, 3.05) is 4.90 Å². The zero-order chi connectivity index (χ0) is 36.7. The van der Waals surface area contributed by atoms with E-state index in [2.05, 4.69) is 216 Å². The summed E-state index contributed by atoms with van der Waals surface area (Å²) in [6, 6.07) is 75.9. The summed E-state index contributed by atoms with van der Waals surface area (Å²) in [5.41, 5.74) is 22.2. The molecule has 6 bridgehead atoms. The smallest absolute Gasteiger partial charge is 0.0542 e. The molecular weight excluding hydrogens is 677 g/mol. The standard InChI is InChI=1S/C54H34N2/c1-3-15-35(16-4-1)39-19-9-11-27-50(39)55(38-30-32-52-48(33-38)42-21-10-12-28-51(42)56(52)36-17-5-2-6-18-36)37-29-31-41-45-24-14-25-46-47-26-13-23-44(54(47)49(41)34-37)40-20-7-8-22-43(40)53(45)46/h1-34H. The van der Waals surface area contributed by atoms with Crippen LogP contribution in [0.2, 0.25) is 0 Å². The highest BCUT2D eigenvalue weighted by molar-refractivity contribution is 6.15. The first-order valence-electron chi connectivity index (χ1n) is 19.4. The molecular formula is C54H34N2. The SMILES string of the molecule is c1ccc(-c2ccccc2N(c2ccc3c(c2)-c2c4cccc2-c2cccc-3c2-c2ccccc2-4)c2ccc3c(c2)c2ccccc2n3-c2ccccc2)cc1. The molecule has 2 nitrogen and oxygen atoms in total. The highest BCUT2D eigenvalue weighted by Gasteiger charge is 2.31. The minimum Gasteiger partial charge on any atom is -0.310 e. The summed E-state index contributed by atoms with van der Waals surface area (Å²) in [5.74, 6) is 0. The van der Waals surface area contributed by atoms with E-state index in [0.29, 0.717) is 0 Å². The van der Waals surface area contributed by atoms with Gasteiger partial charge in [-0.3, -0.25) is 0 Å². The number of anilines is 3. The van der Waals surface area contributed by atoms with Gasteiger partial charge >= 0.3 is 0 Å². The molecule has 1 heterocycles. The highest BCUT2D eigenvalue weighted by Crippen LogP contribution is 2.58. The van der Waals surface area contributed by atoms with Crippen molar-refractivity contribution < 1.29 is 0 Å². The van der Waals surface area contributed by atoms with Gasteiger partial charge in [-0.15, -0.1) is 0 Å². The summed E-state index contributed by atoms with van der Waals surface area (Å²) in [6.07, 6.45) is 0. The molecule has 0 fully saturated rings. The number of benzene rings is 9. The fourth-order valence-electron chi connectivity index (χ4n) is 9.54. The van der Waals surface area contributed by atoms with Crippen LogP contribution in [0.4, 0.5) is 17.1 Å². The third-order valence-electron chi connectivity index (χ3n) is 11.9. The Labute approximate surface area is 325 Å². The van der Waals surface area contributed by atoms with E-state index in [1.165, 1.54) is 88.6 Å². The summed E-state index contributed by atoms with van der Waals surface area (Å²) >= 11 is 0. The zero-order valence-electron chi connectivity index (χ0n) is 30.5. The molecule has 0 saturated carbocycles. The summed E-state index contributed by atoms with van der Waals surface area (Å²) in [6.45, 7) is 0. The first kappa shape index (κ1) is 31.0. The van der Waals surface area contributed by atoms with Gasteiger partial charge in [-0.05, 0) is 116 Å². The normalized spacial score (nSPS) is 11.9. The fourth-order valence-corrected chi connectivity index (χ4v) is 9.54. The summed E-state index contributed by atoms with van der Waals surface area (Å²) in [4.78, 5) is 2.47. The minimum absolute atomic E-state index is 1.11. The Kier molecular flexibility index (Phi) is 6.66. The Morgan fingerprint density at radius 3 is 1.59 bits per heavy atom. The second kappa shape index (κ2) is 12.0. The Morgan fingerprint density at radius 1 is 0.304 bits per heavy atom. The molecule has 0 saturated heterocycles. The lowest BCUT2D eigenvalue weighted by atomic mass is 9.83. The van der Waals surface area contributed by atoms with Gasteiger partial charge in [0, 0.05) is 33.4 Å². The zero-order valence-corrected chi connectivity index (χ0v) is 30.5. The molecule has 0 radical (unpaired) electrons. The molecule has 0 atom stereocenters. The number of nitrogens with zero attached hydrogens (tertiary/aromatic N) is 2. The van der Waals surface area contributed by atoms with Gasteiger partial charge in [0.2, 0.25) is 0 Å². The molecule has 2 aliphatic rings. The number of aromatic nitrogens is 1. The van der Waals surface area contributed by atoms with Crippen LogP contribution < -0.4 is 4.90 Å². The van der Waals surface area contributed by atoms with Crippen LogP contribution in [-0.4, -0.2) is 4.57 Å². The molecule has 0 amide bonds. The first-order chi connectivity index (χ1) is 27.8. The van der Waals surface area contributed by atoms with E-state index in [1.807, 2.05) is 0 Å². The Morgan fingerprint density at radius 2 is 0.821 bits per heavy atom. The van der Waals surface area contributed by atoms with Crippen LogP contribution in [-0.2, 0) is 0 Å². The van der Waals surface area contributed by atoms with Crippen LogP contribution in [0.15, 0.2) is 206 Å². The second-order valence-electron chi connectivity index (χ2n) is 14.8. The van der Waals surface area contributed by atoms with Crippen molar-refractivity contribution in [1.82, 2.24) is 4.57 Å². The molecule has 0 N–H and O–H groups in total. The van der Waals surface area contributed by atoms with E-state index >= 15 is 0 Å². The monoisotopic (exact) mass is 710 g/mol. The van der Waals surface area contributed by atoms with Crippen molar-refractivity contribution in [2.45, 2.75) is 0 Å². The van der Waals surface area contributed by atoms with E-state index < -0.39 is 0 Å². The average molecular weight is 711 g/mol. The average Bonchev–Trinajstić information content (AvgIpc) is 3.54. The predicted molar refractivity (Wildman–Crippen MR) is 235 cm³/mol. The van der Waals surface area contributed by atoms with E-state index in [4.69, 9.17) is 0 Å². The molecule has 2 aliphatic carbocycles. The Balaban J connectivity index is 1.15. The van der Waals surface area contributed by atoms with Crippen molar-refractivity contribution in [1.29, 1.82) is 0 Å². The van der Waals surface area contributed by atoms with Crippen LogP contribution in [0.1, 0.15) is 0 Å². The summed E-state index contributed by atoms with van der Waals surface area (Å²) in [7, 11) is 0. The van der Waals surface area contributed by atoms with Gasteiger partial charge in [0.05, 0.1) is 16.7 Å². The van der Waals surface area contributed by atoms with Crippen LogP contribution in [0.25, 0.3) is 94.3 Å². The molecule has 9 aromatic carbocycles. The third kappa shape index (κ3) is 4.44. The van der Waals surface area contributed by atoms with E-state index in [-0.39, 0.29) is 0 Å². The van der Waals surface area contributed by atoms with Gasteiger partial charge in [-0.25, -0.2) is 0 Å². The minimum atomic E-state index is 1.11. The lowest BCUT2D eigenvalue weighted by molar-refractivity contribution is 1.18. The van der Waals surface area contributed by atoms with Gasteiger partial charge in [-0.2, -0.15) is 0 Å². The van der Waals surface area contributed by atoms with E-state index in [0.717, 1.165) is 22.7 Å². The van der Waals surface area contributed by atoms with Crippen LogP contribution in [0, 0.1) is 0 Å². The van der Waals surface area contributed by atoms with E-state index in [1.54, 1.807) is 0 Å². The molecule has 12 rings (SSSR count). The lowest BCUT2D eigenvalue weighted by Gasteiger charge is -2.29. The summed E-state index contributed by atoms with van der Waals surface area (Å²) in [5, 5.41) is 2.45. The molecule has 2 heteroatoms. The first-order valence-corrected chi connectivity index (χ1v) is 19.4. The quantitative estimate of drug-likeness (QED) is 0.173. The number of hydrogen-bond acceptors (Lipinski definition) is 1. The number of rotatable bonds is 5. The van der Waals surface area contributed by atoms with Crippen LogP contribution >= 0.6 is 0 Å². The molecule has 260 valence electrons. The Bertz CT molecular complexity index is 3170. The van der Waals surface area contributed by atoms with Crippen molar-refractivity contribution in [3.63, 3.8) is 0 Å². The maximum atomic E-state index is 2.47. The summed E-state index contributed by atoms with van der Waals surface area (Å²) < 4.78 is 2.39. The number of para-hydroxylation sites is 3. The van der Waals surface area contributed by atoms with Gasteiger partial charge in [0.15, 0.2) is 0 Å². The maximum Gasteiger partial charge on any atom is 0.0542 e. The van der Waals surface area contributed by atoms with Crippen molar-refractivity contribution in [2.24, 2.45) is 0 Å². The third-order valence-corrected chi connectivity index (χ3v) is 11.9. The molecule has 10 aromatic rings. The number of hydrogen-bond donors (Lipinski definition) is 0. The second-order valence-corrected chi connectivity index (χ2v) is 14.8. The van der Waals surface area contributed by atoms with Crippen molar-refractivity contribution in [3.05, 3.63) is 206 Å². The van der Waals surface area contributed by atoms with Crippen LogP contribution in [0.5, 0.6) is 0 Å². The maximum absolute atomic E-state index is 2.47. The number of fused-ring (bicyclic) bond motifs is 7. The largest absolute Gasteiger partial charge is 0.310 e. The molecule has 0 aliphatic heterocycles. The molecule has 0 unspecified atom stereocenters. The predicted octanol–water partition coefficient (Wildman–Crippen LogP) is 14.9. The topological polar surface area (TPSA) is 8.17 Å². The van der Waals surface area contributed by atoms with Crippen molar-refractivity contribution >= 4 is 38.9 Å². The van der Waals surface area contributed by atoms with E-state index in [9.17, 15) is 0 Å². The molecule has 1 aromatic heterocycles. The van der Waals surface area contributed by atoms with Gasteiger partial charge in [-0.1, -0.05) is 152 Å². The van der Waals surface area contributed by atoms with Gasteiger partial charge in [0.1, 0.15) is 0 Å². The fraction of sp³-hybridized carbons (Fsp3) is 0. The van der Waals surface area contributed by atoms with Crippen molar-refractivity contribution in [3.8, 4) is 72.4 Å². The lowest BCUT2D eigenvalue weighted by Crippen LogP contribution is -2.11. The van der Waals surface area contributed by atoms with Gasteiger partial charge < -0.3 is 9.47 Å². The Hall–Kier alpha value is -7.42. The molecule has 56 heavy (non-hydrogen) atoms. The highest BCUT2D eigenvalue weighted by atomic mass is 15.1.